The zero-order valence-electron chi connectivity index (χ0n) is 14.5. The van der Waals surface area contributed by atoms with Gasteiger partial charge in [-0.25, -0.2) is 15.0 Å². The summed E-state index contributed by atoms with van der Waals surface area (Å²) in [5.74, 6) is 0. The summed E-state index contributed by atoms with van der Waals surface area (Å²) in [7, 11) is 0. The highest BCUT2D eigenvalue weighted by molar-refractivity contribution is 5.74. The molecule has 8 heteroatoms. The van der Waals surface area contributed by atoms with Crippen molar-refractivity contribution in [1.82, 2.24) is 19.5 Å². The van der Waals surface area contributed by atoms with E-state index in [1.165, 1.54) is 18.5 Å². The highest BCUT2D eigenvalue weighted by Crippen LogP contribution is 2.31. The molecule has 2 aromatic heterocycles. The first-order valence-electron chi connectivity index (χ1n) is 8.48. The van der Waals surface area contributed by atoms with E-state index in [4.69, 9.17) is 0 Å². The molecule has 0 saturated heterocycles. The summed E-state index contributed by atoms with van der Waals surface area (Å²) >= 11 is 0. The van der Waals surface area contributed by atoms with Crippen molar-refractivity contribution in [2.75, 3.05) is 0 Å². The quantitative estimate of drug-likeness (QED) is 0.578. The van der Waals surface area contributed by atoms with Crippen molar-refractivity contribution in [2.24, 2.45) is 0 Å². The van der Waals surface area contributed by atoms with Gasteiger partial charge in [-0.3, -0.25) is 0 Å². The van der Waals surface area contributed by atoms with E-state index in [1.807, 2.05) is 34.9 Å². The van der Waals surface area contributed by atoms with Crippen LogP contribution in [0.1, 0.15) is 28.5 Å². The van der Waals surface area contributed by atoms with Crippen LogP contribution >= 0.6 is 0 Å². The van der Waals surface area contributed by atoms with Crippen molar-refractivity contribution >= 4 is 11.2 Å². The number of imidazole rings is 1. The molecule has 142 valence electrons. The minimum absolute atomic E-state index is 0.247. The zero-order chi connectivity index (χ0) is 19.7. The van der Waals surface area contributed by atoms with E-state index in [0.717, 1.165) is 17.7 Å². The zero-order valence-corrected chi connectivity index (χ0v) is 14.5. The van der Waals surface area contributed by atoms with Gasteiger partial charge in [-0.2, -0.15) is 13.2 Å². The standard InChI is InChI=1S/C20H15F3N4O/c21-20(22,23)15-8-6-14(7-9-15)18(28)16-17-19(25-11-24-16)27(12-26-17)10-13-4-2-1-3-5-13/h1-9,11-12,18,28H,10H2. The lowest BCUT2D eigenvalue weighted by molar-refractivity contribution is -0.137. The van der Waals surface area contributed by atoms with Gasteiger partial charge in [-0.1, -0.05) is 42.5 Å². The lowest BCUT2D eigenvalue weighted by Gasteiger charge is -2.13. The Morgan fingerprint density at radius 3 is 2.32 bits per heavy atom. The normalized spacial score (nSPS) is 13.0. The second-order valence-electron chi connectivity index (χ2n) is 6.31. The number of nitrogens with zero attached hydrogens (tertiary/aromatic N) is 4. The average Bonchev–Trinajstić information content (AvgIpc) is 3.11. The molecule has 0 radical (unpaired) electrons. The monoisotopic (exact) mass is 384 g/mol. The lowest BCUT2D eigenvalue weighted by Crippen LogP contribution is -2.08. The van der Waals surface area contributed by atoms with E-state index in [-0.39, 0.29) is 5.69 Å². The number of rotatable bonds is 4. The van der Waals surface area contributed by atoms with Gasteiger partial charge in [0.05, 0.1) is 18.4 Å². The molecule has 1 unspecified atom stereocenters. The topological polar surface area (TPSA) is 63.8 Å². The van der Waals surface area contributed by atoms with Crippen LogP contribution in [0.4, 0.5) is 13.2 Å². The number of aliphatic hydroxyl groups is 1. The maximum Gasteiger partial charge on any atom is 0.416 e. The van der Waals surface area contributed by atoms with E-state index in [2.05, 4.69) is 15.0 Å². The van der Waals surface area contributed by atoms with Crippen LogP contribution in [-0.4, -0.2) is 24.6 Å². The van der Waals surface area contributed by atoms with Gasteiger partial charge in [-0.05, 0) is 23.3 Å². The number of hydrogen-bond donors (Lipinski definition) is 1. The molecular weight excluding hydrogens is 369 g/mol. The van der Waals surface area contributed by atoms with Crippen LogP contribution in [0.2, 0.25) is 0 Å². The molecule has 0 spiro atoms. The summed E-state index contributed by atoms with van der Waals surface area (Å²) in [5.41, 5.74) is 1.78. The van der Waals surface area contributed by atoms with Gasteiger partial charge in [-0.15, -0.1) is 0 Å². The Morgan fingerprint density at radius 2 is 1.64 bits per heavy atom. The molecule has 5 nitrogen and oxygen atoms in total. The summed E-state index contributed by atoms with van der Waals surface area (Å²) in [6.45, 7) is 0.546. The van der Waals surface area contributed by atoms with Gasteiger partial charge in [0.25, 0.3) is 0 Å². The van der Waals surface area contributed by atoms with Crippen molar-refractivity contribution in [3.8, 4) is 0 Å². The molecule has 0 aliphatic heterocycles. The van der Waals surface area contributed by atoms with E-state index in [9.17, 15) is 18.3 Å². The maximum absolute atomic E-state index is 12.7. The SMILES string of the molecule is OC(c1ccc(C(F)(F)F)cc1)c1ncnc2c1ncn2Cc1ccccc1. The number of halogens is 3. The number of aromatic nitrogens is 4. The van der Waals surface area contributed by atoms with Gasteiger partial charge in [0, 0.05) is 0 Å². The average molecular weight is 384 g/mol. The predicted molar refractivity (Wildman–Crippen MR) is 96.4 cm³/mol. The molecule has 1 atom stereocenters. The van der Waals surface area contributed by atoms with Gasteiger partial charge >= 0.3 is 6.18 Å². The Hall–Kier alpha value is -3.26. The van der Waals surface area contributed by atoms with Crippen molar-refractivity contribution in [1.29, 1.82) is 0 Å². The summed E-state index contributed by atoms with van der Waals surface area (Å²) in [6, 6.07) is 14.1. The fourth-order valence-corrected chi connectivity index (χ4v) is 3.01. The molecule has 28 heavy (non-hydrogen) atoms. The third-order valence-corrected chi connectivity index (χ3v) is 4.44. The first kappa shape index (κ1) is 18.1. The van der Waals surface area contributed by atoms with Crippen molar-refractivity contribution in [2.45, 2.75) is 18.8 Å². The Labute approximate surface area is 158 Å². The van der Waals surface area contributed by atoms with E-state index in [0.29, 0.717) is 23.3 Å². The van der Waals surface area contributed by atoms with E-state index in [1.54, 1.807) is 6.33 Å². The smallest absolute Gasteiger partial charge is 0.382 e. The van der Waals surface area contributed by atoms with Crippen LogP contribution in [0.25, 0.3) is 11.2 Å². The fourth-order valence-electron chi connectivity index (χ4n) is 3.01. The molecule has 0 saturated carbocycles. The Kier molecular flexibility index (Phi) is 4.56. The molecule has 0 amide bonds. The van der Waals surface area contributed by atoms with Crippen LogP contribution < -0.4 is 0 Å². The van der Waals surface area contributed by atoms with Gasteiger partial charge in [0.1, 0.15) is 23.6 Å². The van der Waals surface area contributed by atoms with Crippen LogP contribution in [0.3, 0.4) is 0 Å². The molecule has 0 aliphatic rings. The number of hydrogen-bond acceptors (Lipinski definition) is 4. The molecule has 2 aromatic carbocycles. The highest BCUT2D eigenvalue weighted by atomic mass is 19.4. The van der Waals surface area contributed by atoms with E-state index < -0.39 is 17.8 Å². The second-order valence-corrected chi connectivity index (χ2v) is 6.31. The molecular formula is C20H15F3N4O. The van der Waals surface area contributed by atoms with Crippen LogP contribution in [0.5, 0.6) is 0 Å². The fraction of sp³-hybridized carbons (Fsp3) is 0.150. The summed E-state index contributed by atoms with van der Waals surface area (Å²) in [4.78, 5) is 12.7. The first-order valence-corrected chi connectivity index (χ1v) is 8.48. The van der Waals surface area contributed by atoms with Crippen molar-refractivity contribution in [3.63, 3.8) is 0 Å². The minimum atomic E-state index is -4.43. The van der Waals surface area contributed by atoms with Crippen molar-refractivity contribution in [3.05, 3.63) is 89.6 Å². The molecule has 4 rings (SSSR count). The Balaban J connectivity index is 1.67. The van der Waals surface area contributed by atoms with Gasteiger partial charge < -0.3 is 9.67 Å². The van der Waals surface area contributed by atoms with E-state index >= 15 is 0 Å². The summed E-state index contributed by atoms with van der Waals surface area (Å²) in [6.07, 6.45) is -2.72. The van der Waals surface area contributed by atoms with Crippen molar-refractivity contribution < 1.29 is 18.3 Å². The molecule has 1 N–H and O–H groups in total. The third kappa shape index (κ3) is 3.46. The Bertz CT molecular complexity index is 1090. The van der Waals surface area contributed by atoms with Crippen LogP contribution in [0.15, 0.2) is 67.3 Å². The molecule has 0 aliphatic carbocycles. The largest absolute Gasteiger partial charge is 0.416 e. The third-order valence-electron chi connectivity index (χ3n) is 4.44. The predicted octanol–water partition coefficient (Wildman–Crippen LogP) is 3.98. The number of alkyl halides is 3. The minimum Gasteiger partial charge on any atom is -0.382 e. The highest BCUT2D eigenvalue weighted by Gasteiger charge is 2.30. The number of aliphatic hydroxyl groups excluding tert-OH is 1. The first-order chi connectivity index (χ1) is 13.4. The molecule has 0 fully saturated rings. The maximum atomic E-state index is 12.7. The summed E-state index contributed by atoms with van der Waals surface area (Å²) in [5, 5.41) is 10.7. The Morgan fingerprint density at radius 1 is 0.929 bits per heavy atom. The molecule has 2 heterocycles. The summed E-state index contributed by atoms with van der Waals surface area (Å²) < 4.78 is 40.0. The second kappa shape index (κ2) is 7.05. The van der Waals surface area contributed by atoms with Gasteiger partial charge in [0.15, 0.2) is 5.65 Å². The molecule has 4 aromatic rings. The molecule has 0 bridgehead atoms. The van der Waals surface area contributed by atoms with Crippen LogP contribution in [0, 0.1) is 0 Å². The van der Waals surface area contributed by atoms with Crippen LogP contribution in [-0.2, 0) is 12.7 Å². The number of fused-ring (bicyclic) bond motifs is 1. The lowest BCUT2D eigenvalue weighted by atomic mass is 10.0. The number of benzene rings is 2. The van der Waals surface area contributed by atoms with Gasteiger partial charge in [0.2, 0.25) is 0 Å².